The number of carbonyl (C=O) groups is 2. The third-order valence-corrected chi connectivity index (χ3v) is 3.40. The third-order valence-electron chi connectivity index (χ3n) is 3.40. The molecule has 114 valence electrons. The number of amides is 1. The molecule has 0 aromatic rings. The molecule has 20 heavy (non-hydrogen) atoms. The van der Waals surface area contributed by atoms with Gasteiger partial charge in [0.1, 0.15) is 11.3 Å². The Morgan fingerprint density at radius 2 is 1.90 bits per heavy atom. The van der Waals surface area contributed by atoms with Gasteiger partial charge in [0, 0.05) is 0 Å². The molecule has 0 aromatic carbocycles. The number of nitrogens with one attached hydrogen (secondary N) is 1. The predicted molar refractivity (Wildman–Crippen MR) is 76.0 cm³/mol. The lowest BCUT2D eigenvalue weighted by atomic mass is 9.68. The first-order valence-electron chi connectivity index (χ1n) is 6.94. The number of hydrogen-bond acceptors (Lipinski definition) is 4. The van der Waals surface area contributed by atoms with E-state index in [4.69, 9.17) is 4.74 Å². The van der Waals surface area contributed by atoms with Crippen molar-refractivity contribution in [1.29, 1.82) is 0 Å². The highest BCUT2D eigenvalue weighted by Crippen LogP contribution is 2.43. The number of methoxy groups -OCH3 is 1. The maximum atomic E-state index is 11.7. The van der Waals surface area contributed by atoms with E-state index in [9.17, 15) is 9.59 Å². The molecule has 0 aromatic heterocycles. The maximum absolute atomic E-state index is 11.7. The zero-order valence-electron chi connectivity index (χ0n) is 13.0. The summed E-state index contributed by atoms with van der Waals surface area (Å²) in [6, 6.07) is 0. The van der Waals surface area contributed by atoms with E-state index in [1.54, 1.807) is 26.8 Å². The summed E-state index contributed by atoms with van der Waals surface area (Å²) >= 11 is 0. The minimum absolute atomic E-state index is 0.148. The summed E-state index contributed by atoms with van der Waals surface area (Å²) in [7, 11) is 1.29. The summed E-state index contributed by atoms with van der Waals surface area (Å²) in [4.78, 5) is 23.4. The summed E-state index contributed by atoms with van der Waals surface area (Å²) in [5.74, 6) is -0.557. The average Bonchev–Trinajstić information content (AvgIpc) is 2.28. The van der Waals surface area contributed by atoms with Crippen LogP contribution in [0.2, 0.25) is 0 Å². The van der Waals surface area contributed by atoms with Gasteiger partial charge in [0.15, 0.2) is 0 Å². The highest BCUT2D eigenvalue weighted by Gasteiger charge is 2.31. The Morgan fingerprint density at radius 3 is 2.30 bits per heavy atom. The molecule has 0 aliphatic heterocycles. The van der Waals surface area contributed by atoms with E-state index in [2.05, 4.69) is 17.0 Å². The highest BCUT2D eigenvalue weighted by atomic mass is 16.6. The third kappa shape index (κ3) is 5.23. The van der Waals surface area contributed by atoms with Crippen molar-refractivity contribution >= 4 is 12.1 Å². The number of rotatable bonds is 4. The van der Waals surface area contributed by atoms with E-state index < -0.39 is 17.7 Å². The van der Waals surface area contributed by atoms with Gasteiger partial charge in [0.2, 0.25) is 0 Å². The molecule has 1 aliphatic carbocycles. The predicted octanol–water partition coefficient (Wildman–Crippen LogP) is 3.15. The Hall–Kier alpha value is -1.52. The second-order valence-corrected chi connectivity index (χ2v) is 6.60. The number of allylic oxidation sites excluding steroid dienone is 1. The van der Waals surface area contributed by atoms with E-state index in [1.165, 1.54) is 13.5 Å². The standard InChI is InChI=1S/C15H25NO4/c1-14(2,3)20-13(18)16-11(12(17)19-5)7-10-15(4)8-6-9-15/h7H,6,8-10H2,1-5H3,(H,16,18)/b11-7-. The van der Waals surface area contributed by atoms with Crippen LogP contribution in [0.5, 0.6) is 0 Å². The smallest absolute Gasteiger partial charge is 0.412 e. The molecule has 0 radical (unpaired) electrons. The van der Waals surface area contributed by atoms with Gasteiger partial charge in [-0.05, 0) is 45.4 Å². The first-order valence-corrected chi connectivity index (χ1v) is 6.94. The van der Waals surface area contributed by atoms with Crippen molar-refractivity contribution in [2.24, 2.45) is 5.41 Å². The monoisotopic (exact) mass is 283 g/mol. The summed E-state index contributed by atoms with van der Waals surface area (Å²) in [6.07, 6.45) is 5.34. The van der Waals surface area contributed by atoms with E-state index >= 15 is 0 Å². The Labute approximate surface area is 120 Å². The summed E-state index contributed by atoms with van der Waals surface area (Å²) in [6.45, 7) is 7.48. The van der Waals surface area contributed by atoms with Gasteiger partial charge in [-0.15, -0.1) is 0 Å². The molecule has 0 unspecified atom stereocenters. The Morgan fingerprint density at radius 1 is 1.30 bits per heavy atom. The molecule has 1 rings (SSSR count). The Kier molecular flexibility index (Phi) is 5.20. The number of ether oxygens (including phenoxy) is 2. The van der Waals surface area contributed by atoms with E-state index in [1.807, 2.05) is 0 Å². The van der Waals surface area contributed by atoms with Gasteiger partial charge in [-0.2, -0.15) is 0 Å². The van der Waals surface area contributed by atoms with Gasteiger partial charge in [0.25, 0.3) is 0 Å². The normalized spacial score (nSPS) is 17.9. The molecule has 1 N–H and O–H groups in total. The van der Waals surface area contributed by atoms with Crippen LogP contribution in [0.25, 0.3) is 0 Å². The maximum Gasteiger partial charge on any atom is 0.412 e. The van der Waals surface area contributed by atoms with Crippen LogP contribution in [0.1, 0.15) is 53.4 Å². The molecule has 0 spiro atoms. The van der Waals surface area contributed by atoms with Crippen LogP contribution in [0.3, 0.4) is 0 Å². The lowest BCUT2D eigenvalue weighted by molar-refractivity contribution is -0.136. The van der Waals surface area contributed by atoms with Crippen LogP contribution in [-0.2, 0) is 14.3 Å². The second-order valence-electron chi connectivity index (χ2n) is 6.60. The fourth-order valence-corrected chi connectivity index (χ4v) is 2.04. The lowest BCUT2D eigenvalue weighted by Gasteiger charge is -2.37. The molecule has 0 heterocycles. The van der Waals surface area contributed by atoms with Crippen molar-refractivity contribution in [1.82, 2.24) is 5.32 Å². The number of alkyl carbamates (subject to hydrolysis) is 1. The van der Waals surface area contributed by atoms with Crippen molar-refractivity contribution < 1.29 is 19.1 Å². The number of esters is 1. The van der Waals surface area contributed by atoms with Crippen molar-refractivity contribution in [3.63, 3.8) is 0 Å². The molecule has 0 bridgehead atoms. The van der Waals surface area contributed by atoms with Gasteiger partial charge < -0.3 is 9.47 Å². The van der Waals surface area contributed by atoms with E-state index in [-0.39, 0.29) is 11.1 Å². The van der Waals surface area contributed by atoms with Crippen LogP contribution in [0.4, 0.5) is 4.79 Å². The molecule has 1 amide bonds. The molecule has 0 saturated heterocycles. The Bertz CT molecular complexity index is 403. The van der Waals surface area contributed by atoms with Crippen molar-refractivity contribution in [3.05, 3.63) is 11.8 Å². The van der Waals surface area contributed by atoms with Crippen molar-refractivity contribution in [2.75, 3.05) is 7.11 Å². The molecule has 5 heteroatoms. The molecule has 0 atom stereocenters. The van der Waals surface area contributed by atoms with Crippen molar-refractivity contribution in [3.8, 4) is 0 Å². The van der Waals surface area contributed by atoms with E-state index in [0.29, 0.717) is 0 Å². The van der Waals surface area contributed by atoms with Gasteiger partial charge >= 0.3 is 12.1 Å². The van der Waals surface area contributed by atoms with Crippen LogP contribution < -0.4 is 5.32 Å². The lowest BCUT2D eigenvalue weighted by Crippen LogP contribution is -2.35. The topological polar surface area (TPSA) is 64.6 Å². The largest absolute Gasteiger partial charge is 0.464 e. The summed E-state index contributed by atoms with van der Waals surface area (Å²) < 4.78 is 9.82. The fourth-order valence-electron chi connectivity index (χ4n) is 2.04. The quantitative estimate of drug-likeness (QED) is 0.636. The molecule has 5 nitrogen and oxygen atoms in total. The minimum atomic E-state index is -0.645. The first kappa shape index (κ1) is 16.5. The van der Waals surface area contributed by atoms with Gasteiger partial charge in [0.05, 0.1) is 7.11 Å². The summed E-state index contributed by atoms with van der Waals surface area (Å²) in [5, 5.41) is 2.47. The first-order chi connectivity index (χ1) is 9.15. The summed E-state index contributed by atoms with van der Waals surface area (Å²) in [5.41, 5.74) is -0.227. The molecular formula is C15H25NO4. The van der Waals surface area contributed by atoms with Crippen LogP contribution in [-0.4, -0.2) is 24.8 Å². The van der Waals surface area contributed by atoms with E-state index in [0.717, 1.165) is 19.3 Å². The average molecular weight is 283 g/mol. The van der Waals surface area contributed by atoms with Crippen LogP contribution in [0.15, 0.2) is 11.8 Å². The van der Waals surface area contributed by atoms with Crippen LogP contribution >= 0.6 is 0 Å². The molecule has 1 fully saturated rings. The van der Waals surface area contributed by atoms with Gasteiger partial charge in [-0.3, -0.25) is 5.32 Å². The SMILES string of the molecule is COC(=O)/C(=C/CC1(C)CCC1)NC(=O)OC(C)(C)C. The number of hydrogen-bond donors (Lipinski definition) is 1. The zero-order valence-corrected chi connectivity index (χ0v) is 13.0. The zero-order chi connectivity index (χ0) is 15.4. The van der Waals surface area contributed by atoms with Gasteiger partial charge in [-0.25, -0.2) is 9.59 Å². The highest BCUT2D eigenvalue weighted by molar-refractivity contribution is 5.92. The molecular weight excluding hydrogens is 258 g/mol. The fraction of sp³-hybridized carbons (Fsp3) is 0.733. The molecule has 1 aliphatic rings. The van der Waals surface area contributed by atoms with Crippen LogP contribution in [0, 0.1) is 5.41 Å². The van der Waals surface area contributed by atoms with Crippen molar-refractivity contribution in [2.45, 2.75) is 59.0 Å². The second kappa shape index (κ2) is 6.29. The Balaban J connectivity index is 2.67. The van der Waals surface area contributed by atoms with Gasteiger partial charge in [-0.1, -0.05) is 19.4 Å². The molecule has 1 saturated carbocycles. The number of carbonyl (C=O) groups excluding carboxylic acids is 2. The minimum Gasteiger partial charge on any atom is -0.464 e.